The van der Waals surface area contributed by atoms with Gasteiger partial charge in [-0.2, -0.15) is 0 Å². The lowest BCUT2D eigenvalue weighted by Crippen LogP contribution is -2.44. The number of carbonyl (C=O) groups is 2. The van der Waals surface area contributed by atoms with Crippen molar-refractivity contribution in [1.29, 1.82) is 0 Å². The lowest BCUT2D eigenvalue weighted by Gasteiger charge is -2.27. The minimum atomic E-state index is -0.427. The van der Waals surface area contributed by atoms with Gasteiger partial charge in [0.15, 0.2) is 5.82 Å². The number of anilines is 1. The number of carbonyl (C=O) groups excluding carboxylic acids is 2. The molecular weight excluding hydrogens is 497 g/mol. The van der Waals surface area contributed by atoms with Gasteiger partial charge in [-0.05, 0) is 61.9 Å². The van der Waals surface area contributed by atoms with Crippen molar-refractivity contribution >= 4 is 17.6 Å². The second-order valence-corrected chi connectivity index (χ2v) is 9.61. The van der Waals surface area contributed by atoms with Crippen LogP contribution in [0, 0.1) is 12.7 Å². The largest absolute Gasteiger partial charge is 0.467 e. The van der Waals surface area contributed by atoms with Crippen molar-refractivity contribution < 1.29 is 18.4 Å². The Hall–Kier alpha value is -4.53. The Kier molecular flexibility index (Phi) is 7.96. The number of benzene rings is 2. The molecule has 0 radical (unpaired) electrons. The van der Waals surface area contributed by atoms with Gasteiger partial charge in [-0.3, -0.25) is 9.59 Å². The zero-order chi connectivity index (χ0) is 27.2. The Morgan fingerprint density at radius 3 is 2.41 bits per heavy atom. The third-order valence-electron chi connectivity index (χ3n) is 6.80. The first kappa shape index (κ1) is 26.1. The highest BCUT2D eigenvalue weighted by atomic mass is 19.1. The maximum absolute atomic E-state index is 13.4. The molecule has 3 heterocycles. The van der Waals surface area contributed by atoms with E-state index in [1.807, 2.05) is 43.3 Å². The number of rotatable bonds is 7. The molecule has 0 bridgehead atoms. The number of aryl methyl sites for hydroxylation is 1. The topological polar surface area (TPSA) is 82.8 Å². The van der Waals surface area contributed by atoms with Crippen LogP contribution in [0.3, 0.4) is 0 Å². The third-order valence-corrected chi connectivity index (χ3v) is 6.80. The normalized spacial score (nSPS) is 13.7. The van der Waals surface area contributed by atoms with Crippen LogP contribution in [0.4, 0.5) is 10.2 Å². The summed E-state index contributed by atoms with van der Waals surface area (Å²) in [5.41, 5.74) is 3.33. The van der Waals surface area contributed by atoms with Crippen molar-refractivity contribution in [2.45, 2.75) is 19.9 Å². The molecule has 1 aliphatic heterocycles. The van der Waals surface area contributed by atoms with Gasteiger partial charge in [0.2, 0.25) is 5.91 Å². The van der Waals surface area contributed by atoms with E-state index < -0.39 is 5.82 Å². The van der Waals surface area contributed by atoms with E-state index in [0.29, 0.717) is 31.0 Å². The van der Waals surface area contributed by atoms with E-state index in [4.69, 9.17) is 4.42 Å². The van der Waals surface area contributed by atoms with E-state index in [1.54, 1.807) is 17.0 Å². The molecule has 1 aliphatic rings. The molecular formula is C30H30FN5O3. The molecule has 0 spiro atoms. The minimum absolute atomic E-state index is 0.109. The predicted molar refractivity (Wildman–Crippen MR) is 145 cm³/mol. The zero-order valence-electron chi connectivity index (χ0n) is 21.8. The lowest BCUT2D eigenvalue weighted by molar-refractivity contribution is -0.131. The molecule has 8 nitrogen and oxygen atoms in total. The molecule has 4 aromatic rings. The third kappa shape index (κ3) is 6.49. The van der Waals surface area contributed by atoms with Crippen molar-refractivity contribution in [2.75, 3.05) is 37.6 Å². The highest BCUT2D eigenvalue weighted by Crippen LogP contribution is 2.20. The van der Waals surface area contributed by atoms with Crippen LogP contribution in [0.5, 0.6) is 0 Å². The van der Waals surface area contributed by atoms with Gasteiger partial charge in [0.1, 0.15) is 18.1 Å². The number of amides is 2. The summed E-state index contributed by atoms with van der Waals surface area (Å²) in [5.74, 6) is 0.391. The SMILES string of the molecule is Cc1ccc(-c2ccc(N3CCCN(C(=O)CN(Cc4ccco4)C(=O)c4ccc(F)cc4)CC3)nn2)cc1. The molecule has 0 unspecified atom stereocenters. The average Bonchev–Trinajstić information content (AvgIpc) is 3.34. The predicted octanol–water partition coefficient (Wildman–Crippen LogP) is 4.57. The first-order chi connectivity index (χ1) is 19.0. The Bertz CT molecular complexity index is 1390. The van der Waals surface area contributed by atoms with Crippen LogP contribution >= 0.6 is 0 Å². The summed E-state index contributed by atoms with van der Waals surface area (Å²) >= 11 is 0. The average molecular weight is 528 g/mol. The molecule has 2 aromatic carbocycles. The van der Waals surface area contributed by atoms with Crippen molar-refractivity contribution in [2.24, 2.45) is 0 Å². The molecule has 5 rings (SSSR count). The molecule has 39 heavy (non-hydrogen) atoms. The van der Waals surface area contributed by atoms with Crippen LogP contribution in [0.2, 0.25) is 0 Å². The fraction of sp³-hybridized carbons (Fsp3) is 0.267. The Morgan fingerprint density at radius 1 is 0.923 bits per heavy atom. The van der Waals surface area contributed by atoms with Crippen LogP contribution in [0.15, 0.2) is 83.5 Å². The van der Waals surface area contributed by atoms with Gasteiger partial charge in [0, 0.05) is 37.3 Å². The summed E-state index contributed by atoms with van der Waals surface area (Å²) in [4.78, 5) is 31.9. The van der Waals surface area contributed by atoms with E-state index in [0.717, 1.165) is 30.0 Å². The van der Waals surface area contributed by atoms with Gasteiger partial charge >= 0.3 is 0 Å². The molecule has 1 fully saturated rings. The van der Waals surface area contributed by atoms with Gasteiger partial charge in [-0.15, -0.1) is 10.2 Å². The monoisotopic (exact) mass is 527 g/mol. The number of hydrogen-bond donors (Lipinski definition) is 0. The van der Waals surface area contributed by atoms with E-state index >= 15 is 0 Å². The number of aromatic nitrogens is 2. The fourth-order valence-corrected chi connectivity index (χ4v) is 4.60. The maximum atomic E-state index is 13.4. The van der Waals surface area contributed by atoms with Gasteiger partial charge in [0.05, 0.1) is 18.5 Å². The quantitative estimate of drug-likeness (QED) is 0.350. The maximum Gasteiger partial charge on any atom is 0.254 e. The van der Waals surface area contributed by atoms with Crippen molar-refractivity contribution in [3.63, 3.8) is 0 Å². The Balaban J connectivity index is 1.23. The number of nitrogens with zero attached hydrogens (tertiary/aromatic N) is 5. The second-order valence-electron chi connectivity index (χ2n) is 9.61. The lowest BCUT2D eigenvalue weighted by atomic mass is 10.1. The van der Waals surface area contributed by atoms with E-state index in [1.165, 1.54) is 41.0 Å². The standard InChI is InChI=1S/C30H30FN5O3/c1-22-5-7-23(8-6-22)27-13-14-28(33-32-27)34-15-3-16-35(18-17-34)29(37)21-36(20-26-4-2-19-39-26)30(38)24-9-11-25(31)12-10-24/h2,4-14,19H,3,15-18,20-21H2,1H3. The number of hydrogen-bond acceptors (Lipinski definition) is 6. The molecule has 2 aromatic heterocycles. The smallest absolute Gasteiger partial charge is 0.254 e. The highest BCUT2D eigenvalue weighted by Gasteiger charge is 2.25. The molecule has 0 saturated carbocycles. The van der Waals surface area contributed by atoms with Crippen LogP contribution < -0.4 is 4.90 Å². The van der Waals surface area contributed by atoms with Crippen LogP contribution in [-0.4, -0.2) is 64.5 Å². The van der Waals surface area contributed by atoms with Crippen LogP contribution in [-0.2, 0) is 11.3 Å². The number of halogens is 1. The van der Waals surface area contributed by atoms with Crippen LogP contribution in [0.25, 0.3) is 11.3 Å². The van der Waals surface area contributed by atoms with E-state index in [-0.39, 0.29) is 24.9 Å². The first-order valence-electron chi connectivity index (χ1n) is 13.0. The Labute approximate surface area is 226 Å². The molecule has 9 heteroatoms. The van der Waals surface area contributed by atoms with Gasteiger partial charge < -0.3 is 19.1 Å². The summed E-state index contributed by atoms with van der Waals surface area (Å²) in [6.45, 7) is 4.50. The van der Waals surface area contributed by atoms with Gasteiger partial charge in [-0.25, -0.2) is 4.39 Å². The van der Waals surface area contributed by atoms with Crippen LogP contribution in [0.1, 0.15) is 28.1 Å². The fourth-order valence-electron chi connectivity index (χ4n) is 4.60. The first-order valence-corrected chi connectivity index (χ1v) is 13.0. The second kappa shape index (κ2) is 11.9. The highest BCUT2D eigenvalue weighted by molar-refractivity contribution is 5.96. The molecule has 200 valence electrons. The summed E-state index contributed by atoms with van der Waals surface area (Å²) in [5, 5.41) is 8.87. The summed E-state index contributed by atoms with van der Waals surface area (Å²) in [7, 11) is 0. The molecule has 2 amide bonds. The van der Waals surface area contributed by atoms with Crippen molar-refractivity contribution in [3.05, 3.63) is 102 Å². The Morgan fingerprint density at radius 2 is 1.72 bits per heavy atom. The summed E-state index contributed by atoms with van der Waals surface area (Å²) in [6.07, 6.45) is 2.29. The van der Waals surface area contributed by atoms with Gasteiger partial charge in [0.25, 0.3) is 5.91 Å². The molecule has 1 saturated heterocycles. The zero-order valence-corrected chi connectivity index (χ0v) is 21.8. The van der Waals surface area contributed by atoms with E-state index in [9.17, 15) is 14.0 Å². The molecule has 0 N–H and O–H groups in total. The van der Waals surface area contributed by atoms with Crippen molar-refractivity contribution in [3.8, 4) is 11.3 Å². The summed E-state index contributed by atoms with van der Waals surface area (Å²) in [6, 6.07) is 20.9. The van der Waals surface area contributed by atoms with E-state index in [2.05, 4.69) is 15.1 Å². The molecule has 0 atom stereocenters. The minimum Gasteiger partial charge on any atom is -0.467 e. The van der Waals surface area contributed by atoms with Crippen molar-refractivity contribution in [1.82, 2.24) is 20.0 Å². The summed E-state index contributed by atoms with van der Waals surface area (Å²) < 4.78 is 18.8. The number of furan rings is 1. The molecule has 0 aliphatic carbocycles. The van der Waals surface area contributed by atoms with Gasteiger partial charge in [-0.1, -0.05) is 29.8 Å².